The monoisotopic (exact) mass is 390 g/mol. The van der Waals surface area contributed by atoms with Gasteiger partial charge in [-0.1, -0.05) is 42.5 Å². The van der Waals surface area contributed by atoms with Crippen molar-refractivity contribution in [3.05, 3.63) is 70.8 Å². The topological polar surface area (TPSA) is 73.6 Å². The Bertz CT molecular complexity index is 921. The first-order valence-corrected chi connectivity index (χ1v) is 10.2. The van der Waals surface area contributed by atoms with Crippen LogP contribution in [-0.4, -0.2) is 28.2 Å². The van der Waals surface area contributed by atoms with Crippen LogP contribution in [0.5, 0.6) is 0 Å². The summed E-state index contributed by atoms with van der Waals surface area (Å²) in [5, 5.41) is 20.9. The van der Waals surface area contributed by atoms with Gasteiger partial charge in [0.2, 0.25) is 0 Å². The fourth-order valence-corrected chi connectivity index (χ4v) is 5.00. The number of nitriles is 1. The van der Waals surface area contributed by atoms with Gasteiger partial charge in [0.1, 0.15) is 6.61 Å². The quantitative estimate of drug-likeness (QED) is 0.843. The number of amides is 1. The Labute approximate surface area is 171 Å². The molecule has 0 radical (unpaired) electrons. The Kier molecular flexibility index (Phi) is 5.29. The van der Waals surface area contributed by atoms with Crippen molar-refractivity contribution < 1.29 is 14.6 Å². The van der Waals surface area contributed by atoms with Crippen LogP contribution in [0.1, 0.15) is 54.4 Å². The van der Waals surface area contributed by atoms with E-state index in [1.807, 2.05) is 54.3 Å². The lowest BCUT2D eigenvalue weighted by Gasteiger charge is -2.51. The predicted molar refractivity (Wildman–Crippen MR) is 109 cm³/mol. The molecule has 1 amide bonds. The molecule has 29 heavy (non-hydrogen) atoms. The fraction of sp³-hybridized carbons (Fsp3) is 0.417. The van der Waals surface area contributed by atoms with Crippen molar-refractivity contribution in [3.63, 3.8) is 0 Å². The van der Waals surface area contributed by atoms with Crippen LogP contribution in [0.4, 0.5) is 4.79 Å². The number of piperidine rings is 2. The molecular weight excluding hydrogens is 364 g/mol. The third-order valence-corrected chi connectivity index (χ3v) is 6.38. The van der Waals surface area contributed by atoms with Gasteiger partial charge in [-0.3, -0.25) is 0 Å². The fourth-order valence-electron chi connectivity index (χ4n) is 5.00. The van der Waals surface area contributed by atoms with Crippen molar-refractivity contribution in [1.82, 2.24) is 4.90 Å². The van der Waals surface area contributed by atoms with Crippen molar-refractivity contribution in [3.8, 4) is 6.07 Å². The van der Waals surface area contributed by atoms with Gasteiger partial charge < -0.3 is 14.7 Å². The Morgan fingerprint density at radius 1 is 1.17 bits per heavy atom. The molecule has 2 aliphatic heterocycles. The number of hydrogen-bond acceptors (Lipinski definition) is 4. The molecule has 4 rings (SSSR count). The molecule has 0 aromatic heterocycles. The number of ether oxygens (including phenoxy) is 1. The molecule has 2 unspecified atom stereocenters. The lowest BCUT2D eigenvalue weighted by molar-refractivity contribution is -0.0899. The minimum absolute atomic E-state index is 0.0547. The van der Waals surface area contributed by atoms with Crippen LogP contribution in [-0.2, 0) is 16.9 Å². The zero-order valence-electron chi connectivity index (χ0n) is 16.7. The van der Waals surface area contributed by atoms with Crippen LogP contribution in [0.25, 0.3) is 0 Å². The van der Waals surface area contributed by atoms with Gasteiger partial charge >= 0.3 is 6.09 Å². The molecule has 2 saturated heterocycles. The summed E-state index contributed by atoms with van der Waals surface area (Å²) in [6, 6.07) is 17.3. The van der Waals surface area contributed by atoms with Gasteiger partial charge in [-0.15, -0.1) is 0 Å². The maximum absolute atomic E-state index is 12.9. The molecule has 0 spiro atoms. The number of aliphatic hydroxyl groups is 1. The molecule has 5 nitrogen and oxygen atoms in total. The van der Waals surface area contributed by atoms with Crippen LogP contribution >= 0.6 is 0 Å². The third-order valence-electron chi connectivity index (χ3n) is 6.38. The number of carbonyl (C=O) groups is 1. The van der Waals surface area contributed by atoms with E-state index < -0.39 is 5.60 Å². The molecule has 150 valence electrons. The minimum Gasteiger partial charge on any atom is -0.445 e. The zero-order valence-corrected chi connectivity index (χ0v) is 16.7. The lowest BCUT2D eigenvalue weighted by atomic mass is 9.71. The Morgan fingerprint density at radius 3 is 2.52 bits per heavy atom. The first-order valence-electron chi connectivity index (χ1n) is 10.2. The summed E-state index contributed by atoms with van der Waals surface area (Å²) in [5.41, 5.74) is 2.17. The maximum Gasteiger partial charge on any atom is 0.410 e. The molecule has 2 aliphatic rings. The summed E-state index contributed by atoms with van der Waals surface area (Å²) < 4.78 is 5.60. The van der Waals surface area contributed by atoms with Crippen LogP contribution in [0.2, 0.25) is 0 Å². The summed E-state index contributed by atoms with van der Waals surface area (Å²) in [6.45, 7) is 2.14. The summed E-state index contributed by atoms with van der Waals surface area (Å²) >= 11 is 0. The molecule has 2 aromatic carbocycles. The van der Waals surface area contributed by atoms with E-state index >= 15 is 0 Å². The Morgan fingerprint density at radius 2 is 1.86 bits per heavy atom. The molecule has 2 aromatic rings. The summed E-state index contributed by atoms with van der Waals surface area (Å²) in [7, 11) is 0. The van der Waals surface area contributed by atoms with Gasteiger partial charge in [0.05, 0.1) is 17.2 Å². The predicted octanol–water partition coefficient (Wildman–Crippen LogP) is 4.41. The smallest absolute Gasteiger partial charge is 0.410 e. The van der Waals surface area contributed by atoms with E-state index in [-0.39, 0.29) is 24.8 Å². The first-order chi connectivity index (χ1) is 14.0. The number of fused-ring (bicyclic) bond motifs is 2. The van der Waals surface area contributed by atoms with Crippen molar-refractivity contribution >= 4 is 6.09 Å². The molecule has 1 N–H and O–H groups in total. The zero-order chi connectivity index (χ0) is 20.4. The number of benzene rings is 2. The van der Waals surface area contributed by atoms with Crippen LogP contribution < -0.4 is 0 Å². The highest BCUT2D eigenvalue weighted by atomic mass is 16.6. The van der Waals surface area contributed by atoms with Crippen LogP contribution in [0.15, 0.2) is 48.5 Å². The summed E-state index contributed by atoms with van der Waals surface area (Å²) in [6.07, 6.45) is 3.41. The van der Waals surface area contributed by atoms with Crippen molar-refractivity contribution in [1.29, 1.82) is 5.26 Å². The van der Waals surface area contributed by atoms with E-state index in [1.165, 1.54) is 0 Å². The molecule has 0 saturated carbocycles. The second-order valence-corrected chi connectivity index (χ2v) is 8.22. The minimum atomic E-state index is -1.02. The molecule has 2 atom stereocenters. The van der Waals surface area contributed by atoms with Gasteiger partial charge in [0, 0.05) is 24.9 Å². The average molecular weight is 390 g/mol. The number of nitrogens with zero attached hydrogens (tertiary/aromatic N) is 2. The molecule has 2 bridgehead atoms. The highest BCUT2D eigenvalue weighted by Gasteiger charge is 2.49. The van der Waals surface area contributed by atoms with E-state index in [2.05, 4.69) is 6.07 Å². The molecule has 2 fully saturated rings. The van der Waals surface area contributed by atoms with Gasteiger partial charge in [0.15, 0.2) is 0 Å². The van der Waals surface area contributed by atoms with E-state index in [1.54, 1.807) is 6.07 Å². The van der Waals surface area contributed by atoms with Crippen LogP contribution in [0.3, 0.4) is 0 Å². The Hall–Kier alpha value is -2.84. The molecule has 2 heterocycles. The largest absolute Gasteiger partial charge is 0.445 e. The second-order valence-electron chi connectivity index (χ2n) is 8.22. The highest BCUT2D eigenvalue weighted by molar-refractivity contribution is 5.69. The average Bonchev–Trinajstić information content (AvgIpc) is 2.72. The number of hydrogen-bond donors (Lipinski definition) is 1. The first kappa shape index (κ1) is 19.5. The van der Waals surface area contributed by atoms with Crippen molar-refractivity contribution in [2.24, 2.45) is 0 Å². The van der Waals surface area contributed by atoms with Gasteiger partial charge in [-0.2, -0.15) is 5.26 Å². The Balaban J connectivity index is 1.53. The number of carbonyl (C=O) groups excluding carboxylic acids is 1. The van der Waals surface area contributed by atoms with E-state index in [4.69, 9.17) is 4.74 Å². The third kappa shape index (κ3) is 3.73. The van der Waals surface area contributed by atoms with E-state index in [0.29, 0.717) is 18.4 Å². The van der Waals surface area contributed by atoms with Gasteiger partial charge in [-0.25, -0.2) is 4.79 Å². The molecule has 0 aliphatic carbocycles. The second kappa shape index (κ2) is 7.88. The van der Waals surface area contributed by atoms with E-state index in [0.717, 1.165) is 36.0 Å². The summed E-state index contributed by atoms with van der Waals surface area (Å²) in [5.74, 6) is 0. The molecule has 5 heteroatoms. The van der Waals surface area contributed by atoms with E-state index in [9.17, 15) is 15.2 Å². The SMILES string of the molecule is Cc1c(C#N)cccc1C1(O)CC2CCCC(C1)N2C(=O)OCc1ccccc1. The highest BCUT2D eigenvalue weighted by Crippen LogP contribution is 2.45. The molecular formula is C24H26N2O3. The lowest BCUT2D eigenvalue weighted by Crippen LogP contribution is -2.59. The van der Waals surface area contributed by atoms with Gasteiger partial charge in [-0.05, 0) is 48.9 Å². The summed E-state index contributed by atoms with van der Waals surface area (Å²) in [4.78, 5) is 14.7. The maximum atomic E-state index is 12.9. The normalized spacial score (nSPS) is 25.9. The van der Waals surface area contributed by atoms with Crippen molar-refractivity contribution in [2.75, 3.05) is 0 Å². The standard InChI is InChI=1S/C24H26N2O3/c1-17-19(15-25)9-5-12-22(17)24(28)13-20-10-6-11-21(14-24)26(20)23(27)29-16-18-7-3-2-4-8-18/h2-5,7-9,12,20-21,28H,6,10-11,13-14,16H2,1H3. The van der Waals surface area contributed by atoms with Gasteiger partial charge in [0.25, 0.3) is 0 Å². The van der Waals surface area contributed by atoms with Crippen molar-refractivity contribution in [2.45, 2.75) is 63.3 Å². The van der Waals surface area contributed by atoms with Crippen LogP contribution in [0, 0.1) is 18.3 Å². The number of rotatable bonds is 3.